The minimum absolute atomic E-state index is 0.581. The van der Waals surface area contributed by atoms with E-state index >= 15 is 0 Å². The molecule has 3 heteroatoms. The van der Waals surface area contributed by atoms with Crippen molar-refractivity contribution in [3.05, 3.63) is 29.8 Å². The second-order valence-electron chi connectivity index (χ2n) is 2.84. The average Bonchev–Trinajstić information content (AvgIpc) is 2.27. The molecule has 0 heterocycles. The molecule has 0 saturated carbocycles. The highest BCUT2D eigenvalue weighted by molar-refractivity contribution is 5.74. The van der Waals surface area contributed by atoms with Crippen molar-refractivity contribution < 1.29 is 14.3 Å². The Hall–Kier alpha value is -1.77. The predicted octanol–water partition coefficient (Wildman–Crippen LogP) is 2.31. The van der Waals surface area contributed by atoms with Crippen molar-refractivity contribution in [3.8, 4) is 11.5 Å². The Balaban J connectivity index is 2.98. The molecule has 0 aromatic heterocycles. The van der Waals surface area contributed by atoms with E-state index in [1.165, 1.54) is 6.08 Å². The molecule has 0 radical (unpaired) electrons. The van der Waals surface area contributed by atoms with E-state index in [0.717, 1.165) is 11.8 Å². The van der Waals surface area contributed by atoms with Crippen LogP contribution in [0.2, 0.25) is 0 Å². The largest absolute Gasteiger partial charge is 0.493 e. The van der Waals surface area contributed by atoms with Crippen LogP contribution in [0.4, 0.5) is 0 Å². The van der Waals surface area contributed by atoms with E-state index in [4.69, 9.17) is 9.47 Å². The number of benzene rings is 1. The number of carbonyl (C=O) groups is 1. The second-order valence-corrected chi connectivity index (χ2v) is 2.84. The van der Waals surface area contributed by atoms with Crippen LogP contribution in [-0.4, -0.2) is 20.0 Å². The van der Waals surface area contributed by atoms with Gasteiger partial charge in [0, 0.05) is 0 Å². The van der Waals surface area contributed by atoms with Crippen LogP contribution in [0.5, 0.6) is 11.5 Å². The van der Waals surface area contributed by atoms with Crippen LogP contribution in [-0.2, 0) is 4.79 Å². The molecule has 0 unspecified atom stereocenters. The van der Waals surface area contributed by atoms with Crippen LogP contribution in [0.25, 0.3) is 6.08 Å². The number of ether oxygens (including phenoxy) is 2. The van der Waals surface area contributed by atoms with Crippen molar-refractivity contribution in [1.82, 2.24) is 0 Å². The molecule has 1 rings (SSSR count). The average molecular weight is 206 g/mol. The summed E-state index contributed by atoms with van der Waals surface area (Å²) in [6, 6.07) is 5.51. The topological polar surface area (TPSA) is 35.5 Å². The first kappa shape index (κ1) is 11.3. The molecule has 0 spiro atoms. The Labute approximate surface area is 89.3 Å². The molecule has 1 aromatic rings. The molecule has 0 atom stereocenters. The second kappa shape index (κ2) is 5.86. The van der Waals surface area contributed by atoms with Crippen molar-refractivity contribution in [1.29, 1.82) is 0 Å². The molecule has 80 valence electrons. The highest BCUT2D eigenvalue weighted by atomic mass is 16.5. The fourth-order valence-corrected chi connectivity index (χ4v) is 1.22. The molecule has 0 aliphatic rings. The molecule has 0 N–H and O–H groups in total. The maximum Gasteiger partial charge on any atom is 0.161 e. The zero-order valence-corrected chi connectivity index (χ0v) is 8.90. The first-order chi connectivity index (χ1) is 7.31. The normalized spacial score (nSPS) is 10.3. The van der Waals surface area contributed by atoms with Gasteiger partial charge in [-0.2, -0.15) is 0 Å². The number of carbonyl (C=O) groups excluding carboxylic acids is 1. The third-order valence-corrected chi connectivity index (χ3v) is 1.85. The minimum atomic E-state index is 0.581. The van der Waals surface area contributed by atoms with Gasteiger partial charge in [0.1, 0.15) is 6.29 Å². The minimum Gasteiger partial charge on any atom is -0.493 e. The Morgan fingerprint density at radius 2 is 2.13 bits per heavy atom. The summed E-state index contributed by atoms with van der Waals surface area (Å²) in [5.74, 6) is 1.38. The van der Waals surface area contributed by atoms with Crippen LogP contribution in [0, 0.1) is 0 Å². The van der Waals surface area contributed by atoms with Crippen LogP contribution < -0.4 is 9.47 Å². The Morgan fingerprint density at radius 3 is 2.73 bits per heavy atom. The summed E-state index contributed by atoms with van der Waals surface area (Å²) in [5, 5.41) is 0. The molecular weight excluding hydrogens is 192 g/mol. The molecule has 0 aliphatic heterocycles. The predicted molar refractivity (Wildman–Crippen MR) is 59.3 cm³/mol. The number of allylic oxidation sites excluding steroid dienone is 1. The lowest BCUT2D eigenvalue weighted by Crippen LogP contribution is -1.95. The summed E-state index contributed by atoms with van der Waals surface area (Å²) in [7, 11) is 1.60. The zero-order chi connectivity index (χ0) is 11.1. The Morgan fingerprint density at radius 1 is 1.33 bits per heavy atom. The van der Waals surface area contributed by atoms with Gasteiger partial charge < -0.3 is 9.47 Å². The summed E-state index contributed by atoms with van der Waals surface area (Å²) in [6.07, 6.45) is 3.90. The van der Waals surface area contributed by atoms with Gasteiger partial charge in [-0.05, 0) is 30.7 Å². The highest BCUT2D eigenvalue weighted by Gasteiger charge is 2.03. The summed E-state index contributed by atoms with van der Waals surface area (Å²) in [6.45, 7) is 2.49. The van der Waals surface area contributed by atoms with Crippen molar-refractivity contribution in [2.24, 2.45) is 0 Å². The van der Waals surface area contributed by atoms with Gasteiger partial charge in [0.05, 0.1) is 13.7 Å². The summed E-state index contributed by atoms with van der Waals surface area (Å²) < 4.78 is 10.5. The van der Waals surface area contributed by atoms with Gasteiger partial charge in [-0.15, -0.1) is 0 Å². The van der Waals surface area contributed by atoms with E-state index in [1.54, 1.807) is 13.2 Å². The maximum absolute atomic E-state index is 10.2. The number of aldehydes is 1. The first-order valence-corrected chi connectivity index (χ1v) is 4.74. The van der Waals surface area contributed by atoms with Crippen molar-refractivity contribution in [2.45, 2.75) is 6.92 Å². The third-order valence-electron chi connectivity index (χ3n) is 1.85. The lowest BCUT2D eigenvalue weighted by atomic mass is 10.2. The van der Waals surface area contributed by atoms with Crippen LogP contribution in [0.15, 0.2) is 24.3 Å². The van der Waals surface area contributed by atoms with Crippen molar-refractivity contribution >= 4 is 12.4 Å². The van der Waals surface area contributed by atoms with E-state index in [2.05, 4.69) is 0 Å². The molecule has 0 amide bonds. The first-order valence-electron chi connectivity index (χ1n) is 4.74. The van der Waals surface area contributed by atoms with Gasteiger partial charge in [0.25, 0.3) is 0 Å². The molecule has 1 aromatic carbocycles. The van der Waals surface area contributed by atoms with Crippen LogP contribution in [0.1, 0.15) is 12.5 Å². The molecule has 0 fully saturated rings. The van der Waals surface area contributed by atoms with E-state index in [1.807, 2.05) is 25.1 Å². The Bertz CT molecular complexity index is 356. The lowest BCUT2D eigenvalue weighted by Gasteiger charge is -2.09. The number of hydrogen-bond donors (Lipinski definition) is 0. The molecule has 0 bridgehead atoms. The van der Waals surface area contributed by atoms with Crippen LogP contribution in [0.3, 0.4) is 0 Å². The molecule has 15 heavy (non-hydrogen) atoms. The summed E-state index contributed by atoms with van der Waals surface area (Å²) in [4.78, 5) is 10.2. The standard InChI is InChI=1S/C12H14O3/c1-3-15-12-9-10(5-4-8-13)6-7-11(12)14-2/h4-9H,3H2,1-2H3/b5-4+. The number of rotatable bonds is 5. The SMILES string of the molecule is CCOc1cc(/C=C/C=O)ccc1OC. The maximum atomic E-state index is 10.2. The fraction of sp³-hybridized carbons (Fsp3) is 0.250. The molecular formula is C12H14O3. The summed E-state index contributed by atoms with van der Waals surface area (Å²) >= 11 is 0. The number of hydrogen-bond acceptors (Lipinski definition) is 3. The van der Waals surface area contributed by atoms with E-state index in [9.17, 15) is 4.79 Å². The van der Waals surface area contributed by atoms with E-state index in [-0.39, 0.29) is 0 Å². The van der Waals surface area contributed by atoms with Crippen molar-refractivity contribution in [2.75, 3.05) is 13.7 Å². The van der Waals surface area contributed by atoms with Gasteiger partial charge in [0.15, 0.2) is 11.5 Å². The smallest absolute Gasteiger partial charge is 0.161 e. The molecule has 0 saturated heterocycles. The monoisotopic (exact) mass is 206 g/mol. The Kier molecular flexibility index (Phi) is 4.41. The lowest BCUT2D eigenvalue weighted by molar-refractivity contribution is -0.104. The van der Waals surface area contributed by atoms with E-state index in [0.29, 0.717) is 18.1 Å². The van der Waals surface area contributed by atoms with Crippen LogP contribution >= 0.6 is 0 Å². The van der Waals surface area contributed by atoms with Gasteiger partial charge in [0.2, 0.25) is 0 Å². The highest BCUT2D eigenvalue weighted by Crippen LogP contribution is 2.28. The summed E-state index contributed by atoms with van der Waals surface area (Å²) in [5.41, 5.74) is 0.909. The number of methoxy groups -OCH3 is 1. The zero-order valence-electron chi connectivity index (χ0n) is 8.90. The van der Waals surface area contributed by atoms with E-state index < -0.39 is 0 Å². The molecule has 0 aliphatic carbocycles. The fourth-order valence-electron chi connectivity index (χ4n) is 1.22. The van der Waals surface area contributed by atoms with Gasteiger partial charge in [-0.1, -0.05) is 12.1 Å². The van der Waals surface area contributed by atoms with Crippen molar-refractivity contribution in [3.63, 3.8) is 0 Å². The van der Waals surface area contributed by atoms with Gasteiger partial charge >= 0.3 is 0 Å². The molecule has 3 nitrogen and oxygen atoms in total. The van der Waals surface area contributed by atoms with Gasteiger partial charge in [-0.3, -0.25) is 4.79 Å². The van der Waals surface area contributed by atoms with Gasteiger partial charge in [-0.25, -0.2) is 0 Å². The quantitative estimate of drug-likeness (QED) is 0.547. The third kappa shape index (κ3) is 3.13.